The second kappa shape index (κ2) is 6.20. The molecule has 1 fully saturated rings. The summed E-state index contributed by atoms with van der Waals surface area (Å²) in [7, 11) is 0. The number of hydrogen-bond acceptors (Lipinski definition) is 4. The molecule has 1 saturated carbocycles. The fraction of sp³-hybridized carbons (Fsp3) is 0.318. The zero-order valence-electron chi connectivity index (χ0n) is 15.0. The molecular weight excluding hydrogens is 343 g/mol. The predicted octanol–water partition coefficient (Wildman–Crippen LogP) is 4.36. The van der Waals surface area contributed by atoms with E-state index in [0.29, 0.717) is 11.6 Å². The van der Waals surface area contributed by atoms with Gasteiger partial charge in [0.05, 0.1) is 5.41 Å². The van der Waals surface area contributed by atoms with E-state index in [2.05, 4.69) is 17.1 Å². The number of rotatable bonds is 0. The molecule has 0 amide bonds. The highest BCUT2D eigenvalue weighted by Gasteiger charge is 2.43. The molecule has 5 rings (SSSR count). The zero-order chi connectivity index (χ0) is 18.4. The Bertz CT molecular complexity index is 999. The first-order chi connectivity index (χ1) is 13.1. The van der Waals surface area contributed by atoms with Crippen LogP contribution in [0.2, 0.25) is 0 Å². The Morgan fingerprint density at radius 2 is 2.07 bits per heavy atom. The number of oxazole rings is 1. The number of fused-ring (bicyclic) bond motifs is 7. The summed E-state index contributed by atoms with van der Waals surface area (Å²) in [4.78, 5) is 4.69. The van der Waals surface area contributed by atoms with E-state index in [9.17, 15) is 4.39 Å². The van der Waals surface area contributed by atoms with Crippen molar-refractivity contribution < 1.29 is 13.5 Å². The molecule has 0 radical (unpaired) electrons. The first-order valence-corrected chi connectivity index (χ1v) is 9.34. The van der Waals surface area contributed by atoms with E-state index in [1.54, 1.807) is 12.3 Å². The number of para-hydroxylation sites is 1. The SMILES string of the molecule is N[C@H]1CC[C@@]2(Cc3cccc(c3)-c3cccc(F)c3OCc3coc2n3)C1. The van der Waals surface area contributed by atoms with Crippen LogP contribution in [-0.2, 0) is 18.4 Å². The summed E-state index contributed by atoms with van der Waals surface area (Å²) in [6, 6.07) is 13.4. The van der Waals surface area contributed by atoms with Crippen molar-refractivity contribution in [1.29, 1.82) is 0 Å². The molecule has 27 heavy (non-hydrogen) atoms. The van der Waals surface area contributed by atoms with E-state index in [1.165, 1.54) is 6.07 Å². The molecule has 2 heterocycles. The number of ether oxygens (including phenoxy) is 1. The quantitative estimate of drug-likeness (QED) is 0.644. The normalized spacial score (nSPS) is 24.0. The van der Waals surface area contributed by atoms with Gasteiger partial charge >= 0.3 is 0 Å². The first-order valence-electron chi connectivity index (χ1n) is 9.34. The van der Waals surface area contributed by atoms with Gasteiger partial charge in [0.25, 0.3) is 0 Å². The minimum absolute atomic E-state index is 0.155. The van der Waals surface area contributed by atoms with E-state index >= 15 is 0 Å². The van der Waals surface area contributed by atoms with Crippen LogP contribution < -0.4 is 10.5 Å². The van der Waals surface area contributed by atoms with Gasteiger partial charge in [0.1, 0.15) is 18.6 Å². The van der Waals surface area contributed by atoms with Crippen LogP contribution in [0.1, 0.15) is 36.4 Å². The van der Waals surface area contributed by atoms with Gasteiger partial charge in [0, 0.05) is 11.6 Å². The van der Waals surface area contributed by atoms with Gasteiger partial charge in [-0.15, -0.1) is 0 Å². The first kappa shape index (κ1) is 16.5. The Morgan fingerprint density at radius 1 is 1.19 bits per heavy atom. The Labute approximate surface area is 157 Å². The van der Waals surface area contributed by atoms with Gasteiger partial charge < -0.3 is 14.9 Å². The standard InChI is InChI=1S/C22H21FN2O2/c23-19-6-2-5-18-15-4-1-3-14(9-15)10-22(8-7-16(24)11-22)21-25-17(13-27-21)12-26-20(18)19/h1-6,9,13,16H,7-8,10-12,24H2/t16-,22+/m0/s1. The van der Waals surface area contributed by atoms with Crippen molar-refractivity contribution in [3.05, 3.63) is 71.7 Å². The van der Waals surface area contributed by atoms with E-state index in [-0.39, 0.29) is 29.6 Å². The number of halogens is 1. The molecule has 1 aromatic heterocycles. The number of hydrogen-bond donors (Lipinski definition) is 1. The van der Waals surface area contributed by atoms with Crippen LogP contribution >= 0.6 is 0 Å². The van der Waals surface area contributed by atoms with Gasteiger partial charge in [-0.2, -0.15) is 0 Å². The van der Waals surface area contributed by atoms with Crippen molar-refractivity contribution in [3.8, 4) is 16.9 Å². The average Bonchev–Trinajstić information content (AvgIpc) is 3.28. The minimum Gasteiger partial charge on any atom is -0.483 e. The van der Waals surface area contributed by atoms with Crippen molar-refractivity contribution in [2.45, 2.75) is 43.7 Å². The van der Waals surface area contributed by atoms with Crippen molar-refractivity contribution in [3.63, 3.8) is 0 Å². The zero-order valence-corrected chi connectivity index (χ0v) is 15.0. The summed E-state index contributed by atoms with van der Waals surface area (Å²) in [6.07, 6.45) is 5.19. The van der Waals surface area contributed by atoms with Crippen molar-refractivity contribution >= 4 is 0 Å². The molecule has 138 valence electrons. The van der Waals surface area contributed by atoms with Gasteiger partial charge in [0.15, 0.2) is 11.6 Å². The second-order valence-electron chi connectivity index (χ2n) is 7.71. The lowest BCUT2D eigenvalue weighted by atomic mass is 9.79. The van der Waals surface area contributed by atoms with E-state index in [4.69, 9.17) is 14.9 Å². The van der Waals surface area contributed by atoms with Crippen molar-refractivity contribution in [2.24, 2.45) is 5.73 Å². The van der Waals surface area contributed by atoms with E-state index in [0.717, 1.165) is 42.4 Å². The molecule has 3 aromatic rings. The summed E-state index contributed by atoms with van der Waals surface area (Å²) in [6.45, 7) is 0.166. The Kier molecular flexibility index (Phi) is 3.79. The monoisotopic (exact) mass is 364 g/mol. The van der Waals surface area contributed by atoms with Crippen molar-refractivity contribution in [1.82, 2.24) is 4.98 Å². The van der Waals surface area contributed by atoms with Gasteiger partial charge in [-0.25, -0.2) is 9.37 Å². The molecule has 1 aliphatic heterocycles. The molecule has 2 atom stereocenters. The molecule has 5 heteroatoms. The summed E-state index contributed by atoms with van der Waals surface area (Å²) >= 11 is 0. The molecule has 0 unspecified atom stereocenters. The van der Waals surface area contributed by atoms with Gasteiger partial charge in [-0.1, -0.05) is 36.4 Å². The number of benzene rings is 2. The Morgan fingerprint density at radius 3 is 2.93 bits per heavy atom. The smallest absolute Gasteiger partial charge is 0.200 e. The molecular formula is C22H21FN2O2. The van der Waals surface area contributed by atoms with Crippen LogP contribution in [0.3, 0.4) is 0 Å². The largest absolute Gasteiger partial charge is 0.483 e. The number of nitrogens with two attached hydrogens (primary N) is 1. The summed E-state index contributed by atoms with van der Waals surface area (Å²) in [5, 5.41) is 0. The highest BCUT2D eigenvalue weighted by Crippen LogP contribution is 2.44. The van der Waals surface area contributed by atoms with Crippen LogP contribution in [0, 0.1) is 5.82 Å². The van der Waals surface area contributed by atoms with Crippen LogP contribution in [-0.4, -0.2) is 11.0 Å². The molecule has 0 saturated heterocycles. The molecule has 2 aromatic carbocycles. The van der Waals surface area contributed by atoms with Gasteiger partial charge in [0.2, 0.25) is 5.89 Å². The third kappa shape index (κ3) is 2.82. The van der Waals surface area contributed by atoms with Crippen LogP contribution in [0.15, 0.2) is 53.1 Å². The van der Waals surface area contributed by atoms with Crippen LogP contribution in [0.25, 0.3) is 11.1 Å². The lowest BCUT2D eigenvalue weighted by molar-refractivity contribution is 0.287. The topological polar surface area (TPSA) is 61.3 Å². The Hall–Kier alpha value is -2.66. The minimum atomic E-state index is -0.378. The van der Waals surface area contributed by atoms with E-state index in [1.807, 2.05) is 18.2 Å². The molecule has 1 aliphatic carbocycles. The molecule has 1 spiro atoms. The fourth-order valence-corrected chi connectivity index (χ4v) is 4.48. The van der Waals surface area contributed by atoms with Crippen molar-refractivity contribution in [2.75, 3.05) is 0 Å². The molecule has 2 aliphatic rings. The average molecular weight is 364 g/mol. The maximum absolute atomic E-state index is 14.5. The predicted molar refractivity (Wildman–Crippen MR) is 99.9 cm³/mol. The maximum Gasteiger partial charge on any atom is 0.200 e. The summed E-state index contributed by atoms with van der Waals surface area (Å²) < 4.78 is 26.2. The van der Waals surface area contributed by atoms with Gasteiger partial charge in [-0.3, -0.25) is 0 Å². The maximum atomic E-state index is 14.5. The third-order valence-electron chi connectivity index (χ3n) is 5.76. The summed E-state index contributed by atoms with van der Waals surface area (Å²) in [5.74, 6) is 0.586. The van der Waals surface area contributed by atoms with E-state index < -0.39 is 0 Å². The molecule has 4 nitrogen and oxygen atoms in total. The lowest BCUT2D eigenvalue weighted by Gasteiger charge is -2.26. The molecule has 2 N–H and O–H groups in total. The number of aromatic nitrogens is 1. The second-order valence-corrected chi connectivity index (χ2v) is 7.71. The Balaban J connectivity index is 1.68. The lowest BCUT2D eigenvalue weighted by Crippen LogP contribution is -2.29. The highest BCUT2D eigenvalue weighted by molar-refractivity contribution is 5.71. The van der Waals surface area contributed by atoms with Crippen LogP contribution in [0.4, 0.5) is 4.39 Å². The highest BCUT2D eigenvalue weighted by atomic mass is 19.1. The summed E-state index contributed by atoms with van der Waals surface area (Å²) in [5.41, 5.74) is 9.59. The number of nitrogens with zero attached hydrogens (tertiary/aromatic N) is 1. The molecule has 4 bridgehead atoms. The third-order valence-corrected chi connectivity index (χ3v) is 5.76. The van der Waals surface area contributed by atoms with Gasteiger partial charge in [-0.05, 0) is 42.9 Å². The van der Waals surface area contributed by atoms with Crippen LogP contribution in [0.5, 0.6) is 5.75 Å². The fourth-order valence-electron chi connectivity index (χ4n) is 4.48.